The second-order valence-corrected chi connectivity index (χ2v) is 6.37. The Bertz CT molecular complexity index is 748. The van der Waals surface area contributed by atoms with Gasteiger partial charge in [-0.05, 0) is 54.1 Å². The molecule has 0 saturated carbocycles. The van der Waals surface area contributed by atoms with Crippen LogP contribution < -0.4 is 0 Å². The van der Waals surface area contributed by atoms with Crippen LogP contribution in [0.4, 0.5) is 13.2 Å². The molecule has 1 nitrogen and oxygen atoms in total. The Morgan fingerprint density at radius 2 is 1.48 bits per heavy atom. The zero-order chi connectivity index (χ0) is 17.2. The first-order chi connectivity index (χ1) is 10.7. The average Bonchev–Trinajstić information content (AvgIpc) is 2.42. The lowest BCUT2D eigenvalue weighted by molar-refractivity contribution is -0.0689. The van der Waals surface area contributed by atoms with E-state index >= 15 is 0 Å². The Hall–Kier alpha value is -1.30. The van der Waals surface area contributed by atoms with Crippen LogP contribution in [0.2, 0.25) is 10.0 Å². The highest BCUT2D eigenvalue weighted by Gasteiger charge is 2.35. The van der Waals surface area contributed by atoms with Crippen molar-refractivity contribution in [2.45, 2.75) is 6.18 Å². The molecule has 0 N–H and O–H groups in total. The summed E-state index contributed by atoms with van der Waals surface area (Å²) < 4.78 is 40.6. The van der Waals surface area contributed by atoms with E-state index in [4.69, 9.17) is 23.2 Å². The molecule has 0 aliphatic carbocycles. The SMILES string of the molecule is O=C(C=C(c1cc(Cl)cc(Cl)c1)C(F)(F)F)c1ccc(Br)cc1. The number of hydrogen-bond donors (Lipinski definition) is 0. The van der Waals surface area contributed by atoms with Gasteiger partial charge < -0.3 is 0 Å². The van der Waals surface area contributed by atoms with E-state index in [0.29, 0.717) is 6.08 Å². The molecule has 2 aromatic rings. The van der Waals surface area contributed by atoms with Gasteiger partial charge in [0.2, 0.25) is 0 Å². The Labute approximate surface area is 148 Å². The maximum atomic E-state index is 13.3. The largest absolute Gasteiger partial charge is 0.417 e. The summed E-state index contributed by atoms with van der Waals surface area (Å²) in [6.45, 7) is 0. The fourth-order valence-electron chi connectivity index (χ4n) is 1.87. The molecule has 0 aliphatic rings. The first-order valence-corrected chi connectivity index (χ1v) is 7.77. The Morgan fingerprint density at radius 3 is 1.96 bits per heavy atom. The molecule has 7 heteroatoms. The number of ketones is 1. The molecule has 0 bridgehead atoms. The highest BCUT2D eigenvalue weighted by atomic mass is 79.9. The van der Waals surface area contributed by atoms with Crippen molar-refractivity contribution in [3.05, 3.63) is 74.2 Å². The smallest absolute Gasteiger partial charge is 0.289 e. The molecular formula is C16H8BrCl2F3O. The van der Waals surface area contributed by atoms with Crippen molar-refractivity contribution < 1.29 is 18.0 Å². The summed E-state index contributed by atoms with van der Waals surface area (Å²) in [5, 5.41) is 0.109. The van der Waals surface area contributed by atoms with Gasteiger partial charge in [0.05, 0.1) is 5.57 Å². The van der Waals surface area contributed by atoms with Crippen LogP contribution in [0.15, 0.2) is 53.0 Å². The van der Waals surface area contributed by atoms with Crippen molar-refractivity contribution in [1.82, 2.24) is 0 Å². The molecule has 0 aliphatic heterocycles. The van der Waals surface area contributed by atoms with Crippen LogP contribution in [0.5, 0.6) is 0 Å². The molecule has 0 amide bonds. The first kappa shape index (κ1) is 18.0. The summed E-state index contributed by atoms with van der Waals surface area (Å²) in [5.74, 6) is -0.763. The predicted molar refractivity (Wildman–Crippen MR) is 89.0 cm³/mol. The van der Waals surface area contributed by atoms with Crippen molar-refractivity contribution in [1.29, 1.82) is 0 Å². The van der Waals surface area contributed by atoms with Crippen molar-refractivity contribution in [2.24, 2.45) is 0 Å². The minimum atomic E-state index is -4.72. The van der Waals surface area contributed by atoms with E-state index < -0.39 is 17.5 Å². The molecule has 0 radical (unpaired) electrons. The van der Waals surface area contributed by atoms with E-state index in [2.05, 4.69) is 15.9 Å². The molecule has 0 aromatic heterocycles. The van der Waals surface area contributed by atoms with Crippen molar-refractivity contribution >= 4 is 50.5 Å². The second kappa shape index (κ2) is 7.07. The maximum absolute atomic E-state index is 13.3. The summed E-state index contributed by atoms with van der Waals surface area (Å²) >= 11 is 14.7. The molecule has 0 saturated heterocycles. The standard InChI is InChI=1S/C16H8BrCl2F3O/c17-11-3-1-9(2-4-11)15(23)8-14(16(20,21)22)10-5-12(18)7-13(19)6-10/h1-8H. The van der Waals surface area contributed by atoms with E-state index in [1.165, 1.54) is 18.2 Å². The fraction of sp³-hybridized carbons (Fsp3) is 0.0625. The van der Waals surface area contributed by atoms with Gasteiger partial charge in [0.15, 0.2) is 5.78 Å². The van der Waals surface area contributed by atoms with Crippen LogP contribution in [-0.4, -0.2) is 12.0 Å². The third kappa shape index (κ3) is 4.83. The van der Waals surface area contributed by atoms with Crippen LogP contribution in [-0.2, 0) is 0 Å². The first-order valence-electron chi connectivity index (χ1n) is 6.22. The quantitative estimate of drug-likeness (QED) is 0.402. The zero-order valence-corrected chi connectivity index (χ0v) is 14.4. The van der Waals surface area contributed by atoms with Gasteiger partial charge in [-0.2, -0.15) is 13.2 Å². The summed E-state index contributed by atoms with van der Waals surface area (Å²) in [5.41, 5.74) is -1.22. The Balaban J connectivity index is 2.50. The van der Waals surface area contributed by atoms with E-state index in [1.807, 2.05) is 0 Å². The number of alkyl halides is 3. The van der Waals surface area contributed by atoms with Crippen molar-refractivity contribution in [3.63, 3.8) is 0 Å². The number of carbonyl (C=O) groups is 1. The number of hydrogen-bond acceptors (Lipinski definition) is 1. The van der Waals surface area contributed by atoms with E-state index in [9.17, 15) is 18.0 Å². The minimum absolute atomic E-state index is 0.0544. The highest BCUT2D eigenvalue weighted by molar-refractivity contribution is 9.10. The number of carbonyl (C=O) groups excluding carboxylic acids is 1. The molecule has 23 heavy (non-hydrogen) atoms. The van der Waals surface area contributed by atoms with Gasteiger partial charge in [-0.1, -0.05) is 39.1 Å². The van der Waals surface area contributed by atoms with Crippen LogP contribution in [0.1, 0.15) is 15.9 Å². The van der Waals surface area contributed by atoms with E-state index in [0.717, 1.165) is 16.6 Å². The number of rotatable bonds is 3. The van der Waals surface area contributed by atoms with E-state index in [1.54, 1.807) is 12.1 Å². The summed E-state index contributed by atoms with van der Waals surface area (Å²) in [4.78, 5) is 12.1. The maximum Gasteiger partial charge on any atom is 0.417 e. The number of halogens is 6. The lowest BCUT2D eigenvalue weighted by atomic mass is 10.0. The van der Waals surface area contributed by atoms with Crippen LogP contribution in [0.3, 0.4) is 0 Å². The molecule has 0 unspecified atom stereocenters. The molecule has 0 heterocycles. The number of allylic oxidation sites excluding steroid dienone is 2. The van der Waals surface area contributed by atoms with Gasteiger partial charge in [0.25, 0.3) is 0 Å². The van der Waals surface area contributed by atoms with E-state index in [-0.39, 0.29) is 21.2 Å². The molecular weight excluding hydrogens is 416 g/mol. The summed E-state index contributed by atoms with van der Waals surface area (Å²) in [6.07, 6.45) is -4.18. The topological polar surface area (TPSA) is 17.1 Å². The highest BCUT2D eigenvalue weighted by Crippen LogP contribution is 2.36. The minimum Gasteiger partial charge on any atom is -0.289 e. The summed E-state index contributed by atoms with van der Waals surface area (Å²) in [7, 11) is 0. The molecule has 0 atom stereocenters. The van der Waals surface area contributed by atoms with Gasteiger partial charge in [0, 0.05) is 20.1 Å². The third-order valence-electron chi connectivity index (χ3n) is 2.88. The summed E-state index contributed by atoms with van der Waals surface area (Å²) in [6, 6.07) is 9.55. The van der Waals surface area contributed by atoms with Crippen molar-refractivity contribution in [3.8, 4) is 0 Å². The van der Waals surface area contributed by atoms with Gasteiger partial charge in [-0.25, -0.2) is 0 Å². The molecule has 0 spiro atoms. The normalized spacial score (nSPS) is 12.3. The van der Waals surface area contributed by atoms with Crippen molar-refractivity contribution in [2.75, 3.05) is 0 Å². The number of benzene rings is 2. The third-order valence-corrected chi connectivity index (χ3v) is 3.85. The average molecular weight is 424 g/mol. The molecule has 0 fully saturated rings. The lowest BCUT2D eigenvalue weighted by Crippen LogP contribution is -2.13. The van der Waals surface area contributed by atoms with Crippen LogP contribution >= 0.6 is 39.1 Å². The Morgan fingerprint density at radius 1 is 0.957 bits per heavy atom. The van der Waals surface area contributed by atoms with Crippen LogP contribution in [0, 0.1) is 0 Å². The lowest BCUT2D eigenvalue weighted by Gasteiger charge is -2.13. The second-order valence-electron chi connectivity index (χ2n) is 4.59. The molecule has 2 aromatic carbocycles. The van der Waals surface area contributed by atoms with Gasteiger partial charge in [-0.3, -0.25) is 4.79 Å². The Kier molecular flexibility index (Phi) is 5.55. The van der Waals surface area contributed by atoms with Gasteiger partial charge >= 0.3 is 6.18 Å². The van der Waals surface area contributed by atoms with Gasteiger partial charge in [0.1, 0.15) is 0 Å². The fourth-order valence-corrected chi connectivity index (χ4v) is 2.66. The predicted octanol–water partition coefficient (Wildman–Crippen LogP) is 6.58. The van der Waals surface area contributed by atoms with Crippen LogP contribution in [0.25, 0.3) is 5.57 Å². The molecule has 2 rings (SSSR count). The monoisotopic (exact) mass is 422 g/mol. The van der Waals surface area contributed by atoms with Gasteiger partial charge in [-0.15, -0.1) is 0 Å². The molecule has 120 valence electrons. The zero-order valence-electron chi connectivity index (χ0n) is 11.3.